The minimum Gasteiger partial charge on any atom is -0.507 e. The molecule has 0 saturated heterocycles. The van der Waals surface area contributed by atoms with Crippen LogP contribution in [0.4, 0.5) is 22.7 Å². The molecular weight excluding hydrogens is 534 g/mol. The number of rotatable bonds is 11. The first-order valence-corrected chi connectivity index (χ1v) is 15.3. The molecule has 0 aliphatic rings. The lowest BCUT2D eigenvalue weighted by Gasteiger charge is -2.23. The number of hydrogen-bond donors (Lipinski definition) is 4. The highest BCUT2D eigenvalue weighted by Crippen LogP contribution is 2.37. The largest absolute Gasteiger partial charge is 0.507 e. The molecule has 0 aromatic heterocycles. The van der Waals surface area contributed by atoms with Gasteiger partial charge >= 0.3 is 0 Å². The van der Waals surface area contributed by atoms with E-state index in [0.29, 0.717) is 12.3 Å². The Kier molecular flexibility index (Phi) is 9.40. The molecule has 0 bridgehead atoms. The summed E-state index contributed by atoms with van der Waals surface area (Å²) in [6.07, 6.45) is 0.916. The monoisotopic (exact) mass is 573 g/mol. The Morgan fingerprint density at radius 1 is 0.619 bits per heavy atom. The van der Waals surface area contributed by atoms with Gasteiger partial charge in [0.25, 0.3) is 0 Å². The molecule has 0 heterocycles. The molecule has 4 N–H and O–H groups in total. The van der Waals surface area contributed by atoms with Gasteiger partial charge in [0.15, 0.2) is 0 Å². The number of benzene rings is 5. The molecule has 214 valence electrons. The van der Waals surface area contributed by atoms with Crippen molar-refractivity contribution < 1.29 is 5.11 Å². The summed E-state index contributed by atoms with van der Waals surface area (Å²) in [4.78, 5) is 1.13. The SMILES string of the molecule is CC(C)(C)c1cc(SCNc2ccc(Nc3ccccc3)cc2)cc(CNc2ccc(Cc3ccccc3)cc2)c1O. The Balaban J connectivity index is 1.20. The van der Waals surface area contributed by atoms with E-state index in [0.717, 1.165) is 51.1 Å². The first-order chi connectivity index (χ1) is 20.3. The first kappa shape index (κ1) is 29.2. The van der Waals surface area contributed by atoms with E-state index >= 15 is 0 Å². The normalized spacial score (nSPS) is 11.2. The second-order valence-electron chi connectivity index (χ2n) is 11.5. The van der Waals surface area contributed by atoms with Gasteiger partial charge in [-0.2, -0.15) is 0 Å². The first-order valence-electron chi connectivity index (χ1n) is 14.4. The predicted octanol–water partition coefficient (Wildman–Crippen LogP) is 9.80. The summed E-state index contributed by atoms with van der Waals surface area (Å²) in [5.41, 5.74) is 8.48. The summed E-state index contributed by atoms with van der Waals surface area (Å²) in [5.74, 6) is 1.09. The minimum absolute atomic E-state index is 0.177. The summed E-state index contributed by atoms with van der Waals surface area (Å²) in [5, 5.41) is 21.6. The molecule has 0 fully saturated rings. The third-order valence-electron chi connectivity index (χ3n) is 7.12. The lowest BCUT2D eigenvalue weighted by molar-refractivity contribution is 0.440. The molecule has 5 aromatic carbocycles. The van der Waals surface area contributed by atoms with Crippen LogP contribution in [0.15, 0.2) is 126 Å². The molecule has 5 rings (SSSR count). The molecule has 0 aliphatic carbocycles. The second kappa shape index (κ2) is 13.5. The van der Waals surface area contributed by atoms with Crippen molar-refractivity contribution in [1.82, 2.24) is 0 Å². The fourth-order valence-electron chi connectivity index (χ4n) is 4.79. The van der Waals surface area contributed by atoms with E-state index in [2.05, 4.69) is 134 Å². The third kappa shape index (κ3) is 8.11. The second-order valence-corrected chi connectivity index (χ2v) is 12.5. The number of phenols is 1. The standard InChI is InChI=1S/C37H39N3OS/c1-37(2,3)35-24-34(42-26-39-31-18-20-33(21-19-31)40-32-12-8-5-9-13-32)23-29(36(35)41)25-38-30-16-14-28(15-17-30)22-27-10-6-4-7-11-27/h4-21,23-24,38-41H,22,25-26H2,1-3H3. The van der Waals surface area contributed by atoms with Gasteiger partial charge in [0.2, 0.25) is 0 Å². The highest BCUT2D eigenvalue weighted by molar-refractivity contribution is 7.99. The van der Waals surface area contributed by atoms with Crippen molar-refractivity contribution in [3.05, 3.63) is 144 Å². The number of para-hydroxylation sites is 1. The number of phenolic OH excluding ortho intramolecular Hbond substituents is 1. The number of aromatic hydroxyl groups is 1. The molecule has 42 heavy (non-hydrogen) atoms. The highest BCUT2D eigenvalue weighted by Gasteiger charge is 2.21. The maximum atomic E-state index is 11.2. The van der Waals surface area contributed by atoms with Crippen molar-refractivity contribution in [3.63, 3.8) is 0 Å². The minimum atomic E-state index is -0.177. The van der Waals surface area contributed by atoms with Crippen LogP contribution in [-0.4, -0.2) is 11.0 Å². The Bertz CT molecular complexity index is 1560. The van der Waals surface area contributed by atoms with Crippen LogP contribution < -0.4 is 16.0 Å². The lowest BCUT2D eigenvalue weighted by Crippen LogP contribution is -2.13. The van der Waals surface area contributed by atoms with Crippen molar-refractivity contribution in [2.75, 3.05) is 21.8 Å². The van der Waals surface area contributed by atoms with E-state index in [1.165, 1.54) is 11.1 Å². The fourth-order valence-corrected chi connectivity index (χ4v) is 5.62. The molecule has 0 aliphatic heterocycles. The van der Waals surface area contributed by atoms with Crippen molar-refractivity contribution in [3.8, 4) is 5.75 Å². The molecular formula is C37H39N3OS. The maximum Gasteiger partial charge on any atom is 0.124 e. The molecule has 0 saturated carbocycles. The van der Waals surface area contributed by atoms with Crippen LogP contribution in [-0.2, 0) is 18.4 Å². The van der Waals surface area contributed by atoms with Crippen LogP contribution in [0.5, 0.6) is 5.75 Å². The van der Waals surface area contributed by atoms with Crippen LogP contribution in [0, 0.1) is 0 Å². The summed E-state index contributed by atoms with van der Waals surface area (Å²) in [7, 11) is 0. The molecule has 5 heteroatoms. The third-order valence-corrected chi connectivity index (χ3v) is 7.98. The average molecular weight is 574 g/mol. The zero-order chi connectivity index (χ0) is 29.4. The van der Waals surface area contributed by atoms with Gasteiger partial charge in [-0.1, -0.05) is 81.4 Å². The average Bonchev–Trinajstić information content (AvgIpc) is 2.99. The Labute approximate surface area is 254 Å². The summed E-state index contributed by atoms with van der Waals surface area (Å²) < 4.78 is 0. The van der Waals surface area contributed by atoms with Crippen LogP contribution in [0.2, 0.25) is 0 Å². The molecule has 0 unspecified atom stereocenters. The Morgan fingerprint density at radius 3 is 1.83 bits per heavy atom. The van der Waals surface area contributed by atoms with Crippen molar-refractivity contribution >= 4 is 34.5 Å². The van der Waals surface area contributed by atoms with E-state index in [1.807, 2.05) is 24.3 Å². The number of thioether (sulfide) groups is 1. The predicted molar refractivity (Wildman–Crippen MR) is 180 cm³/mol. The van der Waals surface area contributed by atoms with Crippen LogP contribution in [0.25, 0.3) is 0 Å². The molecule has 0 spiro atoms. The quantitative estimate of drug-likeness (QED) is 0.0936. The van der Waals surface area contributed by atoms with Gasteiger partial charge in [-0.15, -0.1) is 11.8 Å². The maximum absolute atomic E-state index is 11.2. The summed E-state index contributed by atoms with van der Waals surface area (Å²) in [6, 6.07) is 41.8. The van der Waals surface area contributed by atoms with Crippen molar-refractivity contribution in [1.29, 1.82) is 0 Å². The van der Waals surface area contributed by atoms with Gasteiger partial charge in [0.1, 0.15) is 5.75 Å². The number of hydrogen-bond acceptors (Lipinski definition) is 5. The van der Waals surface area contributed by atoms with Gasteiger partial charge in [-0.05, 0) is 83.6 Å². The van der Waals surface area contributed by atoms with E-state index < -0.39 is 0 Å². The zero-order valence-electron chi connectivity index (χ0n) is 24.5. The lowest BCUT2D eigenvalue weighted by atomic mass is 9.85. The smallest absolute Gasteiger partial charge is 0.124 e. The molecule has 0 radical (unpaired) electrons. The number of anilines is 4. The number of nitrogens with one attached hydrogen (secondary N) is 3. The highest BCUT2D eigenvalue weighted by atomic mass is 32.2. The van der Waals surface area contributed by atoms with Gasteiger partial charge in [0.05, 0.1) is 5.88 Å². The molecule has 4 nitrogen and oxygen atoms in total. The summed E-state index contributed by atoms with van der Waals surface area (Å²) >= 11 is 1.73. The molecule has 5 aromatic rings. The topological polar surface area (TPSA) is 56.3 Å². The van der Waals surface area contributed by atoms with E-state index in [9.17, 15) is 5.11 Å². The van der Waals surface area contributed by atoms with Gasteiger partial charge in [0, 0.05) is 45.3 Å². The molecule has 0 atom stereocenters. The Hall–Kier alpha value is -4.35. The van der Waals surface area contributed by atoms with E-state index in [1.54, 1.807) is 11.8 Å². The van der Waals surface area contributed by atoms with E-state index in [-0.39, 0.29) is 5.41 Å². The van der Waals surface area contributed by atoms with Crippen molar-refractivity contribution in [2.24, 2.45) is 0 Å². The van der Waals surface area contributed by atoms with Crippen LogP contribution in [0.3, 0.4) is 0 Å². The Morgan fingerprint density at radius 2 is 1.17 bits per heavy atom. The van der Waals surface area contributed by atoms with Gasteiger partial charge in [-0.3, -0.25) is 0 Å². The zero-order valence-corrected chi connectivity index (χ0v) is 25.3. The van der Waals surface area contributed by atoms with Crippen LogP contribution >= 0.6 is 11.8 Å². The van der Waals surface area contributed by atoms with Crippen LogP contribution in [0.1, 0.15) is 43.0 Å². The van der Waals surface area contributed by atoms with Gasteiger partial charge in [-0.25, -0.2) is 0 Å². The van der Waals surface area contributed by atoms with Gasteiger partial charge < -0.3 is 21.1 Å². The summed E-state index contributed by atoms with van der Waals surface area (Å²) in [6.45, 7) is 6.97. The fraction of sp³-hybridized carbons (Fsp3) is 0.189. The van der Waals surface area contributed by atoms with E-state index in [4.69, 9.17) is 0 Å². The van der Waals surface area contributed by atoms with Crippen molar-refractivity contribution in [2.45, 2.75) is 44.0 Å². The molecule has 0 amide bonds.